The van der Waals surface area contributed by atoms with Gasteiger partial charge >= 0.3 is 12.1 Å². The number of halogens is 5. The monoisotopic (exact) mass is 693 g/mol. The van der Waals surface area contributed by atoms with E-state index in [1.807, 2.05) is 0 Å². The number of aromatic carboxylic acids is 1. The van der Waals surface area contributed by atoms with E-state index in [9.17, 15) is 37.5 Å². The van der Waals surface area contributed by atoms with Crippen LogP contribution >= 0.6 is 22.9 Å². The first kappa shape index (κ1) is 32.5. The van der Waals surface area contributed by atoms with Crippen LogP contribution in [0.5, 0.6) is 5.75 Å². The van der Waals surface area contributed by atoms with Crippen molar-refractivity contribution in [1.82, 2.24) is 19.5 Å². The van der Waals surface area contributed by atoms with E-state index in [4.69, 9.17) is 16.3 Å². The van der Waals surface area contributed by atoms with Crippen molar-refractivity contribution in [3.8, 4) is 34.1 Å². The number of ether oxygens (including phenoxy) is 1. The molecule has 9 nitrogen and oxygen atoms in total. The summed E-state index contributed by atoms with van der Waals surface area (Å²) < 4.78 is 65.3. The fraction of sp³-hybridized carbons (Fsp3) is 0.152. The summed E-state index contributed by atoms with van der Waals surface area (Å²) in [5.74, 6) is -1.82. The van der Waals surface area contributed by atoms with Gasteiger partial charge in [0, 0.05) is 44.5 Å². The number of pyridine rings is 2. The summed E-state index contributed by atoms with van der Waals surface area (Å²) in [6.45, 7) is 2.89. The van der Waals surface area contributed by atoms with Crippen LogP contribution in [-0.4, -0.2) is 37.2 Å². The number of carbonyl (C=O) groups is 1. The van der Waals surface area contributed by atoms with E-state index in [-0.39, 0.29) is 30.1 Å². The molecular formula is C33H20ClF4N5O4S. The van der Waals surface area contributed by atoms with Crippen molar-refractivity contribution >= 4 is 50.0 Å². The molecule has 6 aromatic rings. The van der Waals surface area contributed by atoms with Gasteiger partial charge in [-0.1, -0.05) is 11.6 Å². The molecule has 0 bridgehead atoms. The topological polar surface area (TPSA) is 131 Å². The Balaban J connectivity index is 1.42. The second-order valence-electron chi connectivity index (χ2n) is 10.6. The molecule has 6 rings (SSSR count). The number of rotatable bonds is 7. The number of fused-ring (bicyclic) bond motifs is 2. The van der Waals surface area contributed by atoms with Crippen LogP contribution in [0.4, 0.5) is 17.6 Å². The maximum Gasteiger partial charge on any atom is 0.417 e. The van der Waals surface area contributed by atoms with E-state index in [0.29, 0.717) is 43.9 Å². The lowest BCUT2D eigenvalue weighted by Gasteiger charge is -2.18. The van der Waals surface area contributed by atoms with E-state index in [0.717, 1.165) is 23.0 Å². The SMILES string of the molecule is Cc1cc(-c2cc(Cl)ccc2OCCn2c(C)nc3cc(C(F)(F)F)c(-c4ccncc4F)c(C#N)c3c2=O)c2scc(C(=O)O)c2n1. The minimum atomic E-state index is -5.00. The van der Waals surface area contributed by atoms with Crippen LogP contribution in [0, 0.1) is 31.0 Å². The van der Waals surface area contributed by atoms with Crippen LogP contribution in [0.1, 0.15) is 33.0 Å². The number of nitriles is 1. The average Bonchev–Trinajstić information content (AvgIpc) is 3.46. The van der Waals surface area contributed by atoms with Crippen molar-refractivity contribution in [2.75, 3.05) is 6.61 Å². The van der Waals surface area contributed by atoms with Crippen molar-refractivity contribution in [1.29, 1.82) is 5.26 Å². The van der Waals surface area contributed by atoms with E-state index >= 15 is 0 Å². The van der Waals surface area contributed by atoms with E-state index in [2.05, 4.69) is 15.0 Å². The average molecular weight is 694 g/mol. The number of aryl methyl sites for hydroxylation is 2. The van der Waals surface area contributed by atoms with E-state index in [1.54, 1.807) is 37.3 Å². The zero-order valence-electron chi connectivity index (χ0n) is 24.8. The molecule has 0 aliphatic rings. The van der Waals surface area contributed by atoms with Gasteiger partial charge in [-0.25, -0.2) is 14.2 Å². The molecule has 15 heteroatoms. The van der Waals surface area contributed by atoms with Crippen LogP contribution < -0.4 is 10.3 Å². The summed E-state index contributed by atoms with van der Waals surface area (Å²) in [6, 6.07) is 9.94. The van der Waals surface area contributed by atoms with E-state index < -0.39 is 51.2 Å². The second kappa shape index (κ2) is 12.3. The van der Waals surface area contributed by atoms with Gasteiger partial charge in [0.25, 0.3) is 5.56 Å². The van der Waals surface area contributed by atoms with Crippen LogP contribution in [0.3, 0.4) is 0 Å². The van der Waals surface area contributed by atoms with Gasteiger partial charge in [0.2, 0.25) is 0 Å². The van der Waals surface area contributed by atoms with Gasteiger partial charge in [0.1, 0.15) is 30.1 Å². The van der Waals surface area contributed by atoms with Gasteiger partial charge in [-0.05, 0) is 50.2 Å². The number of hydrogen-bond acceptors (Lipinski definition) is 8. The highest BCUT2D eigenvalue weighted by atomic mass is 35.5. The summed E-state index contributed by atoms with van der Waals surface area (Å²) in [5.41, 5.74) is -2.42. The second-order valence-corrected chi connectivity index (χ2v) is 11.9. The quantitative estimate of drug-likeness (QED) is 0.168. The molecule has 4 heterocycles. The van der Waals surface area contributed by atoms with E-state index in [1.165, 1.54) is 23.6 Å². The molecule has 0 fully saturated rings. The molecule has 0 radical (unpaired) electrons. The van der Waals surface area contributed by atoms with Gasteiger partial charge < -0.3 is 9.84 Å². The normalized spacial score (nSPS) is 11.6. The highest BCUT2D eigenvalue weighted by Crippen LogP contribution is 2.43. The Morgan fingerprint density at radius 2 is 1.90 bits per heavy atom. The summed E-state index contributed by atoms with van der Waals surface area (Å²) in [5, 5.41) is 21.1. The smallest absolute Gasteiger partial charge is 0.417 e. The predicted octanol–water partition coefficient (Wildman–Crippen LogP) is 7.81. The van der Waals surface area contributed by atoms with Crippen molar-refractivity contribution in [3.63, 3.8) is 0 Å². The molecule has 0 aliphatic heterocycles. The number of thiophene rings is 1. The van der Waals surface area contributed by atoms with Gasteiger partial charge in [-0.2, -0.15) is 18.4 Å². The van der Waals surface area contributed by atoms with Crippen LogP contribution in [0.2, 0.25) is 5.02 Å². The third-order valence-electron chi connectivity index (χ3n) is 7.58. The predicted molar refractivity (Wildman–Crippen MR) is 171 cm³/mol. The van der Waals surface area contributed by atoms with Crippen LogP contribution in [-0.2, 0) is 12.7 Å². The Morgan fingerprint density at radius 1 is 1.12 bits per heavy atom. The molecule has 0 unspecified atom stereocenters. The highest BCUT2D eigenvalue weighted by Gasteiger charge is 2.37. The van der Waals surface area contributed by atoms with Crippen molar-refractivity contribution in [3.05, 3.63) is 104 Å². The lowest BCUT2D eigenvalue weighted by Crippen LogP contribution is -2.27. The zero-order valence-corrected chi connectivity index (χ0v) is 26.4. The molecule has 1 N–H and O–H groups in total. The molecule has 0 amide bonds. The molecule has 0 spiro atoms. The maximum atomic E-state index is 14.8. The highest BCUT2D eigenvalue weighted by molar-refractivity contribution is 7.18. The maximum absolute atomic E-state index is 14.8. The van der Waals surface area contributed by atoms with Crippen LogP contribution in [0.25, 0.3) is 43.4 Å². The molecule has 48 heavy (non-hydrogen) atoms. The Kier molecular flexibility index (Phi) is 8.36. The minimum absolute atomic E-state index is 0.0528. The van der Waals surface area contributed by atoms with Gasteiger partial charge in [-0.15, -0.1) is 11.3 Å². The molecule has 2 aromatic carbocycles. The number of carboxylic acid groups (broad SMARTS) is 1. The number of carboxylic acids is 1. The molecule has 0 saturated carbocycles. The summed E-state index contributed by atoms with van der Waals surface area (Å²) in [7, 11) is 0. The zero-order chi connectivity index (χ0) is 34.5. The Morgan fingerprint density at radius 3 is 2.58 bits per heavy atom. The molecule has 0 saturated heterocycles. The summed E-state index contributed by atoms with van der Waals surface area (Å²) in [4.78, 5) is 37.8. The summed E-state index contributed by atoms with van der Waals surface area (Å²) >= 11 is 7.54. The Labute approximate surface area is 277 Å². The fourth-order valence-corrected chi connectivity index (χ4v) is 6.70. The summed E-state index contributed by atoms with van der Waals surface area (Å²) in [6.07, 6.45) is -3.20. The molecular weight excluding hydrogens is 674 g/mol. The first-order valence-electron chi connectivity index (χ1n) is 14.0. The van der Waals surface area contributed by atoms with Gasteiger partial charge in [0.15, 0.2) is 0 Å². The number of alkyl halides is 3. The Bertz CT molecular complexity index is 2400. The first-order chi connectivity index (χ1) is 22.8. The van der Waals surface area contributed by atoms with Gasteiger partial charge in [-0.3, -0.25) is 19.3 Å². The third kappa shape index (κ3) is 5.71. The number of benzene rings is 2. The van der Waals surface area contributed by atoms with Crippen molar-refractivity contribution < 1.29 is 32.2 Å². The van der Waals surface area contributed by atoms with Crippen molar-refractivity contribution in [2.45, 2.75) is 26.6 Å². The molecule has 4 aromatic heterocycles. The lowest BCUT2D eigenvalue weighted by molar-refractivity contribution is -0.137. The molecule has 0 atom stereocenters. The Hall–Kier alpha value is -5.39. The third-order valence-corrected chi connectivity index (χ3v) is 8.82. The number of aromatic nitrogens is 4. The standard InChI is InChI=1S/C33H20ClF4N5O4S/c1-15-9-20(30-29(41-15)22(14-48-30)32(45)46)19-10-17(34)3-4-26(19)47-8-7-43-16(2)42-25-11-23(33(36,37)38)27(18-5-6-40-13-24(18)35)21(12-39)28(25)31(43)44/h3-6,9-11,13-14H,7-8H2,1-2H3,(H,45,46). The van der Waals surface area contributed by atoms with Gasteiger partial charge in [0.05, 0.1) is 50.6 Å². The van der Waals surface area contributed by atoms with Crippen LogP contribution in [0.15, 0.2) is 59.0 Å². The first-order valence-corrected chi connectivity index (χ1v) is 15.3. The lowest BCUT2D eigenvalue weighted by atomic mass is 9.91. The number of nitrogens with zero attached hydrogens (tertiary/aromatic N) is 5. The molecule has 242 valence electrons. The largest absolute Gasteiger partial charge is 0.491 e. The molecule has 0 aliphatic carbocycles. The minimum Gasteiger partial charge on any atom is -0.491 e. The fourth-order valence-electron chi connectivity index (χ4n) is 5.52. The number of hydrogen-bond donors (Lipinski definition) is 1. The van der Waals surface area contributed by atoms with Crippen molar-refractivity contribution in [2.24, 2.45) is 0 Å².